The molecule has 0 aliphatic carbocycles. The van der Waals surface area contributed by atoms with Crippen molar-refractivity contribution in [1.29, 1.82) is 0 Å². The average molecular weight is 263 g/mol. The standard InChI is InChI=1S/C16H13N3O/c20-19(16-8-2-1-3-9-16)18-17-15-11-10-13-6-4-5-7-14(13)12-15/h1-12,17H. The molecule has 0 atom stereocenters. The second kappa shape index (κ2) is 5.40. The third-order valence-electron chi connectivity index (χ3n) is 3.00. The highest BCUT2D eigenvalue weighted by atomic mass is 16.5. The Hall–Kier alpha value is -2.88. The normalized spacial score (nSPS) is 11.5. The van der Waals surface area contributed by atoms with Crippen molar-refractivity contribution in [2.75, 3.05) is 5.43 Å². The van der Waals surface area contributed by atoms with Crippen LogP contribution < -0.4 is 5.43 Å². The molecule has 3 aromatic rings. The van der Waals surface area contributed by atoms with Crippen LogP contribution in [0, 0.1) is 5.21 Å². The third kappa shape index (κ3) is 2.59. The molecule has 0 saturated heterocycles. The lowest BCUT2D eigenvalue weighted by atomic mass is 10.1. The highest BCUT2D eigenvalue weighted by Crippen LogP contribution is 2.19. The van der Waals surface area contributed by atoms with Gasteiger partial charge >= 0.3 is 0 Å². The Morgan fingerprint density at radius 2 is 1.50 bits per heavy atom. The number of benzene rings is 3. The van der Waals surface area contributed by atoms with Crippen LogP contribution in [-0.4, -0.2) is 4.86 Å². The van der Waals surface area contributed by atoms with Gasteiger partial charge in [-0.15, -0.1) is 10.3 Å². The molecule has 0 bridgehead atoms. The Kier molecular flexibility index (Phi) is 3.29. The zero-order valence-corrected chi connectivity index (χ0v) is 10.7. The maximum atomic E-state index is 11.8. The van der Waals surface area contributed by atoms with Gasteiger partial charge in [-0.25, -0.2) is 0 Å². The molecule has 0 fully saturated rings. The first-order chi connectivity index (χ1) is 9.83. The number of fused-ring (bicyclic) bond motifs is 1. The number of hydrogen-bond acceptors (Lipinski definition) is 2. The molecule has 0 aliphatic rings. The van der Waals surface area contributed by atoms with Gasteiger partial charge in [0.1, 0.15) is 5.69 Å². The molecule has 0 aliphatic heterocycles. The molecular formula is C16H13N3O. The molecule has 0 unspecified atom stereocenters. The highest BCUT2D eigenvalue weighted by molar-refractivity contribution is 5.85. The van der Waals surface area contributed by atoms with Crippen molar-refractivity contribution in [3.8, 4) is 0 Å². The summed E-state index contributed by atoms with van der Waals surface area (Å²) in [7, 11) is 0. The maximum absolute atomic E-state index is 11.8. The molecule has 4 nitrogen and oxygen atoms in total. The number of anilines is 1. The molecule has 3 rings (SSSR count). The van der Waals surface area contributed by atoms with Gasteiger partial charge in [0.25, 0.3) is 0 Å². The van der Waals surface area contributed by atoms with Crippen LogP contribution in [0.1, 0.15) is 0 Å². The van der Waals surface area contributed by atoms with Crippen molar-refractivity contribution in [3.05, 3.63) is 78.0 Å². The molecule has 0 saturated carbocycles. The summed E-state index contributed by atoms with van der Waals surface area (Å²) >= 11 is 0. The van der Waals surface area contributed by atoms with Crippen LogP contribution in [0.4, 0.5) is 11.4 Å². The highest BCUT2D eigenvalue weighted by Gasteiger charge is 2.00. The molecule has 0 amide bonds. The Morgan fingerprint density at radius 1 is 0.800 bits per heavy atom. The summed E-state index contributed by atoms with van der Waals surface area (Å²) in [5.41, 5.74) is 4.04. The summed E-state index contributed by atoms with van der Waals surface area (Å²) < 4.78 is 0. The number of hydrogen-bond donors (Lipinski definition) is 1. The third-order valence-corrected chi connectivity index (χ3v) is 3.00. The lowest BCUT2D eigenvalue weighted by Gasteiger charge is -2.05. The molecule has 0 radical (unpaired) electrons. The fourth-order valence-electron chi connectivity index (χ4n) is 1.98. The topological polar surface area (TPSA) is 50.5 Å². The Morgan fingerprint density at radius 3 is 2.30 bits per heavy atom. The Balaban J connectivity index is 1.83. The monoisotopic (exact) mass is 263 g/mol. The molecule has 1 N–H and O–H groups in total. The van der Waals surface area contributed by atoms with Gasteiger partial charge in [0, 0.05) is 0 Å². The number of rotatable bonds is 3. The van der Waals surface area contributed by atoms with Crippen LogP contribution in [0.5, 0.6) is 0 Å². The summed E-state index contributed by atoms with van der Waals surface area (Å²) in [5.74, 6) is 0. The predicted molar refractivity (Wildman–Crippen MR) is 79.7 cm³/mol. The summed E-state index contributed by atoms with van der Waals surface area (Å²) in [6.45, 7) is 0. The maximum Gasteiger partial charge on any atom is 0.154 e. The first-order valence-corrected chi connectivity index (χ1v) is 6.31. The number of para-hydroxylation sites is 1. The summed E-state index contributed by atoms with van der Waals surface area (Å²) in [6.07, 6.45) is 0. The van der Waals surface area contributed by atoms with Crippen LogP contribution >= 0.6 is 0 Å². The van der Waals surface area contributed by atoms with E-state index < -0.39 is 0 Å². The van der Waals surface area contributed by atoms with Crippen LogP contribution in [-0.2, 0) is 0 Å². The van der Waals surface area contributed by atoms with E-state index in [0.29, 0.717) is 10.5 Å². The van der Waals surface area contributed by atoms with Gasteiger partial charge in [0.05, 0.1) is 5.22 Å². The van der Waals surface area contributed by atoms with Gasteiger partial charge in [0.15, 0.2) is 5.69 Å². The molecule has 0 heterocycles. The molecule has 0 spiro atoms. The van der Waals surface area contributed by atoms with Gasteiger partial charge < -0.3 is 5.21 Å². The molecule has 98 valence electrons. The van der Waals surface area contributed by atoms with Crippen molar-refractivity contribution in [1.82, 2.24) is 0 Å². The van der Waals surface area contributed by atoms with E-state index in [9.17, 15) is 5.21 Å². The predicted octanol–water partition coefficient (Wildman–Crippen LogP) is 4.46. The molecular weight excluding hydrogens is 250 g/mol. The van der Waals surface area contributed by atoms with E-state index in [1.165, 1.54) is 0 Å². The average Bonchev–Trinajstić information content (AvgIpc) is 2.53. The number of nitrogens with one attached hydrogen (secondary N) is 1. The SMILES string of the molecule is [O-][N+](=NNc1ccc2ccccc2c1)c1ccccc1. The summed E-state index contributed by atoms with van der Waals surface area (Å²) in [4.78, 5) is 0.565. The molecule has 0 aromatic heterocycles. The van der Waals surface area contributed by atoms with Gasteiger partial charge in [-0.2, -0.15) is 0 Å². The molecule has 4 heteroatoms. The van der Waals surface area contributed by atoms with Crippen molar-refractivity contribution < 1.29 is 4.86 Å². The van der Waals surface area contributed by atoms with Crippen LogP contribution in [0.25, 0.3) is 10.8 Å². The van der Waals surface area contributed by atoms with Crippen molar-refractivity contribution >= 4 is 22.1 Å². The van der Waals surface area contributed by atoms with Crippen LogP contribution in [0.3, 0.4) is 0 Å². The van der Waals surface area contributed by atoms with E-state index in [1.54, 1.807) is 24.3 Å². The zero-order chi connectivity index (χ0) is 13.8. The minimum atomic E-state index is 0.487. The van der Waals surface area contributed by atoms with Crippen LogP contribution in [0.15, 0.2) is 78.0 Å². The zero-order valence-electron chi connectivity index (χ0n) is 10.7. The van der Waals surface area contributed by atoms with Gasteiger partial charge in [-0.05, 0) is 35.0 Å². The van der Waals surface area contributed by atoms with E-state index in [-0.39, 0.29) is 0 Å². The summed E-state index contributed by atoms with van der Waals surface area (Å²) in [5, 5.41) is 17.8. The van der Waals surface area contributed by atoms with Crippen molar-refractivity contribution in [3.63, 3.8) is 0 Å². The summed E-state index contributed by atoms with van der Waals surface area (Å²) in [6, 6.07) is 22.7. The molecule has 20 heavy (non-hydrogen) atoms. The van der Waals surface area contributed by atoms with Crippen LogP contribution in [0.2, 0.25) is 0 Å². The largest absolute Gasteiger partial charge is 0.691 e. The van der Waals surface area contributed by atoms with Crippen molar-refractivity contribution in [2.24, 2.45) is 5.22 Å². The fraction of sp³-hybridized carbons (Fsp3) is 0. The second-order valence-corrected chi connectivity index (χ2v) is 4.38. The first-order valence-electron chi connectivity index (χ1n) is 6.31. The smallest absolute Gasteiger partial charge is 0.154 e. The molecule has 3 aromatic carbocycles. The quantitative estimate of drug-likeness (QED) is 0.431. The van der Waals surface area contributed by atoms with Gasteiger partial charge in [-0.1, -0.05) is 48.5 Å². The van der Waals surface area contributed by atoms with Gasteiger partial charge in [0.2, 0.25) is 0 Å². The Labute approximate surface area is 116 Å². The van der Waals surface area contributed by atoms with E-state index in [1.807, 2.05) is 48.5 Å². The van der Waals surface area contributed by atoms with E-state index >= 15 is 0 Å². The van der Waals surface area contributed by atoms with E-state index in [4.69, 9.17) is 0 Å². The second-order valence-electron chi connectivity index (χ2n) is 4.38. The number of nitrogens with zero attached hydrogens (tertiary/aromatic N) is 2. The minimum absolute atomic E-state index is 0.487. The minimum Gasteiger partial charge on any atom is -0.691 e. The Bertz CT molecular complexity index is 754. The van der Waals surface area contributed by atoms with E-state index in [0.717, 1.165) is 16.5 Å². The fourth-order valence-corrected chi connectivity index (χ4v) is 1.98. The van der Waals surface area contributed by atoms with Crippen molar-refractivity contribution in [2.45, 2.75) is 0 Å². The lowest BCUT2D eigenvalue weighted by molar-refractivity contribution is -0.439. The lowest BCUT2D eigenvalue weighted by Crippen LogP contribution is -1.97. The first kappa shape index (κ1) is 12.2. The van der Waals surface area contributed by atoms with E-state index in [2.05, 4.69) is 10.6 Å². The van der Waals surface area contributed by atoms with Gasteiger partial charge in [-0.3, -0.25) is 0 Å².